The molecule has 0 saturated carbocycles. The number of hydrogen-bond acceptors (Lipinski definition) is 7. The molecule has 1 N–H and O–H groups in total. The van der Waals surface area contributed by atoms with Crippen molar-refractivity contribution in [1.82, 2.24) is 14.9 Å². The van der Waals surface area contributed by atoms with Crippen LogP contribution in [0.3, 0.4) is 0 Å². The molecule has 0 bridgehead atoms. The molecule has 156 valence electrons. The van der Waals surface area contributed by atoms with E-state index in [9.17, 15) is 13.5 Å². The van der Waals surface area contributed by atoms with Gasteiger partial charge in [-0.3, -0.25) is 9.21 Å². The topological polar surface area (TPSA) is 89.9 Å². The summed E-state index contributed by atoms with van der Waals surface area (Å²) >= 11 is 0. The summed E-state index contributed by atoms with van der Waals surface area (Å²) in [6.45, 7) is 4.39. The molecule has 0 unspecified atom stereocenters. The maximum absolute atomic E-state index is 12.0. The predicted octanol–water partition coefficient (Wildman–Crippen LogP) is 1.04. The van der Waals surface area contributed by atoms with Gasteiger partial charge in [0.25, 0.3) is 0 Å². The molecule has 9 heteroatoms. The molecule has 4 rings (SSSR count). The first kappa shape index (κ1) is 20.1. The third-order valence-corrected chi connectivity index (χ3v) is 6.78. The lowest BCUT2D eigenvalue weighted by atomic mass is 9.98. The first-order chi connectivity index (χ1) is 13.9. The molecule has 1 fully saturated rings. The fourth-order valence-corrected chi connectivity index (χ4v) is 5.07. The number of β-amino-alcohol motifs (C(OH)–C–C–N with tert-alkyl or cyclic N) is 1. The van der Waals surface area contributed by atoms with Gasteiger partial charge in [-0.05, 0) is 36.1 Å². The van der Waals surface area contributed by atoms with Gasteiger partial charge in [-0.2, -0.15) is 0 Å². The van der Waals surface area contributed by atoms with Crippen molar-refractivity contribution in [2.24, 2.45) is 0 Å². The second-order valence-corrected chi connectivity index (χ2v) is 9.59. The van der Waals surface area contributed by atoms with E-state index in [0.717, 1.165) is 61.8 Å². The maximum Gasteiger partial charge on any atom is 0.232 e. The van der Waals surface area contributed by atoms with Crippen LogP contribution in [0, 0.1) is 0 Å². The van der Waals surface area contributed by atoms with Gasteiger partial charge in [0, 0.05) is 51.7 Å². The summed E-state index contributed by atoms with van der Waals surface area (Å²) in [5, 5.41) is 10.8. The number of nitrogens with zero attached hydrogens (tertiary/aromatic N) is 5. The van der Waals surface area contributed by atoms with Gasteiger partial charge in [-0.25, -0.2) is 18.4 Å². The lowest BCUT2D eigenvalue weighted by molar-refractivity contribution is 0.109. The smallest absolute Gasteiger partial charge is 0.232 e. The summed E-state index contributed by atoms with van der Waals surface area (Å²) in [7, 11) is -3.28. The van der Waals surface area contributed by atoms with E-state index in [4.69, 9.17) is 0 Å². The Bertz CT molecular complexity index is 946. The van der Waals surface area contributed by atoms with Crippen molar-refractivity contribution in [3.05, 3.63) is 47.8 Å². The van der Waals surface area contributed by atoms with E-state index in [1.807, 2.05) is 24.3 Å². The van der Waals surface area contributed by atoms with Crippen molar-refractivity contribution in [3.63, 3.8) is 0 Å². The van der Waals surface area contributed by atoms with E-state index in [1.54, 1.807) is 12.4 Å². The second-order valence-electron chi connectivity index (χ2n) is 7.68. The fourth-order valence-electron chi connectivity index (χ4n) is 4.07. The van der Waals surface area contributed by atoms with Crippen LogP contribution in [0.2, 0.25) is 0 Å². The highest BCUT2D eigenvalue weighted by Gasteiger charge is 2.26. The van der Waals surface area contributed by atoms with Gasteiger partial charge in [0.2, 0.25) is 16.0 Å². The number of fused-ring (bicyclic) bond motifs is 1. The molecule has 8 nitrogen and oxygen atoms in total. The molecule has 1 atom stereocenters. The Morgan fingerprint density at radius 2 is 1.83 bits per heavy atom. The molecule has 1 aromatic carbocycles. The number of benzene rings is 1. The van der Waals surface area contributed by atoms with Crippen LogP contribution in [-0.4, -0.2) is 73.9 Å². The molecule has 29 heavy (non-hydrogen) atoms. The summed E-state index contributed by atoms with van der Waals surface area (Å²) in [5.41, 5.74) is 2.57. The third kappa shape index (κ3) is 4.52. The van der Waals surface area contributed by atoms with Crippen LogP contribution in [-0.2, 0) is 16.4 Å². The van der Waals surface area contributed by atoms with Gasteiger partial charge in [0.15, 0.2) is 0 Å². The highest BCUT2D eigenvalue weighted by molar-refractivity contribution is 7.92. The number of hydrogen-bond donors (Lipinski definition) is 1. The minimum Gasteiger partial charge on any atom is -0.387 e. The van der Waals surface area contributed by atoms with Crippen molar-refractivity contribution in [2.45, 2.75) is 18.9 Å². The molecule has 0 spiro atoms. The third-order valence-electron chi connectivity index (χ3n) is 5.60. The Morgan fingerprint density at radius 1 is 1.10 bits per heavy atom. The number of piperazine rings is 1. The Hall–Kier alpha value is -2.23. The minimum atomic E-state index is -3.28. The zero-order valence-electron chi connectivity index (χ0n) is 16.6. The van der Waals surface area contributed by atoms with Crippen molar-refractivity contribution in [2.75, 3.05) is 54.7 Å². The molecular formula is C20H27N5O3S. The summed E-state index contributed by atoms with van der Waals surface area (Å²) in [4.78, 5) is 13.0. The van der Waals surface area contributed by atoms with Crippen molar-refractivity contribution < 1.29 is 13.5 Å². The molecule has 2 aliphatic heterocycles. The van der Waals surface area contributed by atoms with E-state index in [2.05, 4.69) is 19.8 Å². The van der Waals surface area contributed by atoms with Crippen molar-refractivity contribution in [3.8, 4) is 0 Å². The number of aliphatic hydroxyl groups is 1. The Labute approximate surface area is 171 Å². The van der Waals surface area contributed by atoms with E-state index in [0.29, 0.717) is 13.1 Å². The quantitative estimate of drug-likeness (QED) is 0.778. The highest BCUT2D eigenvalue weighted by atomic mass is 32.2. The van der Waals surface area contributed by atoms with E-state index >= 15 is 0 Å². The zero-order chi connectivity index (χ0) is 20.4. The van der Waals surface area contributed by atoms with Gasteiger partial charge in [0.1, 0.15) is 0 Å². The lowest BCUT2D eigenvalue weighted by Gasteiger charge is -2.35. The van der Waals surface area contributed by atoms with Crippen LogP contribution in [0.4, 0.5) is 11.6 Å². The Morgan fingerprint density at radius 3 is 2.52 bits per heavy atom. The van der Waals surface area contributed by atoms with Gasteiger partial charge in [-0.15, -0.1) is 0 Å². The standard InChI is InChI=1S/C20H27N5O3S/c1-29(27,28)25-9-2-4-16-14-17(5-6-18(16)25)19(26)15-23-10-12-24(13-11-23)20-21-7-3-8-22-20/h3,5-8,14,19,26H,2,4,9-13,15H2,1H3/t19-/m1/s1. The fraction of sp³-hybridized carbons (Fsp3) is 0.500. The SMILES string of the molecule is CS(=O)(=O)N1CCCc2cc([C@H](O)CN3CCN(c4ncccn4)CC3)ccc21. The van der Waals surface area contributed by atoms with Crippen LogP contribution in [0.1, 0.15) is 23.7 Å². The largest absolute Gasteiger partial charge is 0.387 e. The van der Waals surface area contributed by atoms with Gasteiger partial charge >= 0.3 is 0 Å². The monoisotopic (exact) mass is 417 g/mol. The molecule has 1 saturated heterocycles. The van der Waals surface area contributed by atoms with E-state index in [-0.39, 0.29) is 0 Å². The normalized spacial score (nSPS) is 19.1. The van der Waals surface area contributed by atoms with Crippen LogP contribution < -0.4 is 9.21 Å². The first-order valence-electron chi connectivity index (χ1n) is 9.95. The number of anilines is 2. The van der Waals surface area contributed by atoms with Crippen LogP contribution in [0.25, 0.3) is 0 Å². The zero-order valence-corrected chi connectivity index (χ0v) is 17.4. The number of aryl methyl sites for hydroxylation is 1. The van der Waals surface area contributed by atoms with Gasteiger partial charge in [-0.1, -0.05) is 12.1 Å². The molecule has 3 heterocycles. The van der Waals surface area contributed by atoms with Crippen molar-refractivity contribution >= 4 is 21.7 Å². The number of aliphatic hydroxyl groups excluding tert-OH is 1. The number of sulfonamides is 1. The summed E-state index contributed by atoms with van der Waals surface area (Å²) in [6, 6.07) is 7.45. The predicted molar refractivity (Wildman–Crippen MR) is 113 cm³/mol. The van der Waals surface area contributed by atoms with Crippen LogP contribution >= 0.6 is 0 Å². The first-order valence-corrected chi connectivity index (χ1v) is 11.8. The summed E-state index contributed by atoms with van der Waals surface area (Å²) < 4.78 is 25.5. The summed E-state index contributed by atoms with van der Waals surface area (Å²) in [6.07, 6.45) is 5.76. The minimum absolute atomic E-state index is 0.517. The lowest BCUT2D eigenvalue weighted by Crippen LogP contribution is -2.48. The number of aromatic nitrogens is 2. The maximum atomic E-state index is 12.0. The Kier molecular flexibility index (Phi) is 5.71. The van der Waals surface area contributed by atoms with Crippen molar-refractivity contribution in [1.29, 1.82) is 0 Å². The molecule has 0 radical (unpaired) electrons. The average molecular weight is 418 g/mol. The Balaban J connectivity index is 1.39. The molecule has 2 aliphatic rings. The second kappa shape index (κ2) is 8.25. The number of rotatable bonds is 5. The average Bonchev–Trinajstić information content (AvgIpc) is 2.73. The molecular weight excluding hydrogens is 390 g/mol. The van der Waals surface area contributed by atoms with Gasteiger partial charge in [0.05, 0.1) is 18.0 Å². The van der Waals surface area contributed by atoms with E-state index < -0.39 is 16.1 Å². The van der Waals surface area contributed by atoms with Gasteiger partial charge < -0.3 is 10.0 Å². The van der Waals surface area contributed by atoms with Crippen LogP contribution in [0.5, 0.6) is 0 Å². The molecule has 0 amide bonds. The molecule has 2 aromatic rings. The van der Waals surface area contributed by atoms with Crippen LogP contribution in [0.15, 0.2) is 36.7 Å². The molecule has 0 aliphatic carbocycles. The highest BCUT2D eigenvalue weighted by Crippen LogP contribution is 2.31. The summed E-state index contributed by atoms with van der Waals surface area (Å²) in [5.74, 6) is 0.748. The molecule has 1 aromatic heterocycles. The van der Waals surface area contributed by atoms with E-state index in [1.165, 1.54) is 10.6 Å².